The first-order valence-electron chi connectivity index (χ1n) is 7.77. The summed E-state index contributed by atoms with van der Waals surface area (Å²) in [5.74, 6) is 0.423. The minimum atomic E-state index is -0.271. The highest BCUT2D eigenvalue weighted by molar-refractivity contribution is 6.04. The van der Waals surface area contributed by atoms with Gasteiger partial charge in [-0.1, -0.05) is 23.4 Å². The van der Waals surface area contributed by atoms with Gasteiger partial charge < -0.3 is 14.7 Å². The minimum absolute atomic E-state index is 0.0476. The molecule has 2 aromatic rings. The summed E-state index contributed by atoms with van der Waals surface area (Å²) in [4.78, 5) is 26.7. The summed E-state index contributed by atoms with van der Waals surface area (Å²) in [6.45, 7) is 2.46. The van der Waals surface area contributed by atoms with E-state index in [0.29, 0.717) is 24.5 Å². The van der Waals surface area contributed by atoms with Crippen molar-refractivity contribution in [1.29, 1.82) is 0 Å². The minimum Gasteiger partial charge on any atom is -0.360 e. The van der Waals surface area contributed by atoms with Crippen LogP contribution in [-0.4, -0.2) is 23.5 Å². The number of nitrogens with one attached hydrogen (secondary N) is 1. The molecule has 0 saturated heterocycles. The third-order valence-electron chi connectivity index (χ3n) is 4.48. The first-order chi connectivity index (χ1) is 11.1. The number of hydrogen-bond acceptors (Lipinski definition) is 4. The maximum atomic E-state index is 12.7. The molecule has 118 valence electrons. The molecular formula is C17H17N3O3. The van der Waals surface area contributed by atoms with Crippen LogP contribution in [0.3, 0.4) is 0 Å². The lowest BCUT2D eigenvalue weighted by molar-refractivity contribution is -0.123. The van der Waals surface area contributed by atoms with Crippen LogP contribution in [0.2, 0.25) is 0 Å². The number of carbonyl (C=O) groups is 2. The summed E-state index contributed by atoms with van der Waals surface area (Å²) in [7, 11) is 0. The van der Waals surface area contributed by atoms with Crippen molar-refractivity contribution in [2.75, 3.05) is 16.8 Å². The van der Waals surface area contributed by atoms with E-state index in [9.17, 15) is 9.59 Å². The molecule has 6 heteroatoms. The van der Waals surface area contributed by atoms with Crippen molar-refractivity contribution in [3.63, 3.8) is 0 Å². The molecule has 2 unspecified atom stereocenters. The first kappa shape index (κ1) is 14.0. The number of benzene rings is 1. The molecule has 1 aromatic carbocycles. The van der Waals surface area contributed by atoms with Crippen LogP contribution in [0.15, 0.2) is 34.9 Å². The van der Waals surface area contributed by atoms with E-state index in [1.54, 1.807) is 13.0 Å². The normalized spacial score (nSPS) is 21.9. The third-order valence-corrected chi connectivity index (χ3v) is 4.48. The van der Waals surface area contributed by atoms with Crippen LogP contribution in [0.25, 0.3) is 0 Å². The molecule has 1 aliphatic carbocycles. The number of rotatable bonds is 3. The number of aryl methyl sites for hydroxylation is 1. The molecule has 1 aliphatic heterocycles. The Bertz CT molecular complexity index is 783. The molecule has 2 heterocycles. The summed E-state index contributed by atoms with van der Waals surface area (Å²) in [6, 6.07) is 9.60. The maximum absolute atomic E-state index is 12.7. The zero-order chi connectivity index (χ0) is 16.0. The fourth-order valence-corrected chi connectivity index (χ4v) is 3.17. The predicted octanol–water partition coefficient (Wildman–Crippen LogP) is 2.15. The van der Waals surface area contributed by atoms with Gasteiger partial charge in [0.2, 0.25) is 11.8 Å². The quantitative estimate of drug-likeness (QED) is 0.942. The molecule has 1 fully saturated rings. The maximum Gasteiger partial charge on any atom is 0.230 e. The Morgan fingerprint density at radius 3 is 2.91 bits per heavy atom. The molecule has 23 heavy (non-hydrogen) atoms. The molecule has 4 rings (SSSR count). The SMILES string of the molecule is Cc1cc(NC(=O)C2CC2C(=O)N2CCc3ccccc32)no1. The molecule has 6 nitrogen and oxygen atoms in total. The summed E-state index contributed by atoms with van der Waals surface area (Å²) >= 11 is 0. The molecule has 1 N–H and O–H groups in total. The molecule has 0 bridgehead atoms. The number of fused-ring (bicyclic) bond motifs is 1. The van der Waals surface area contributed by atoms with E-state index in [0.717, 1.165) is 12.1 Å². The van der Waals surface area contributed by atoms with Crippen LogP contribution in [0, 0.1) is 18.8 Å². The van der Waals surface area contributed by atoms with Gasteiger partial charge in [-0.3, -0.25) is 9.59 Å². The van der Waals surface area contributed by atoms with E-state index in [4.69, 9.17) is 4.52 Å². The lowest BCUT2D eigenvalue weighted by Gasteiger charge is -2.17. The predicted molar refractivity (Wildman–Crippen MR) is 84.0 cm³/mol. The van der Waals surface area contributed by atoms with Gasteiger partial charge in [0.15, 0.2) is 5.82 Å². The van der Waals surface area contributed by atoms with Gasteiger partial charge in [0.1, 0.15) is 5.76 Å². The van der Waals surface area contributed by atoms with Crippen molar-refractivity contribution in [2.45, 2.75) is 19.8 Å². The molecule has 2 aliphatic rings. The largest absolute Gasteiger partial charge is 0.360 e. The van der Waals surface area contributed by atoms with Crippen molar-refractivity contribution >= 4 is 23.3 Å². The zero-order valence-corrected chi connectivity index (χ0v) is 12.8. The van der Waals surface area contributed by atoms with Crippen molar-refractivity contribution in [1.82, 2.24) is 5.16 Å². The lowest BCUT2D eigenvalue weighted by atomic mass is 10.2. The van der Waals surface area contributed by atoms with Crippen LogP contribution in [0.4, 0.5) is 11.5 Å². The number of aromatic nitrogens is 1. The third kappa shape index (κ3) is 2.50. The van der Waals surface area contributed by atoms with Crippen LogP contribution in [0.1, 0.15) is 17.7 Å². The van der Waals surface area contributed by atoms with Gasteiger partial charge in [-0.25, -0.2) is 0 Å². The summed E-state index contributed by atoms with van der Waals surface area (Å²) < 4.78 is 4.92. The van der Waals surface area contributed by atoms with E-state index in [-0.39, 0.29) is 23.7 Å². The molecule has 1 saturated carbocycles. The van der Waals surface area contributed by atoms with Crippen molar-refractivity contribution in [3.8, 4) is 0 Å². The summed E-state index contributed by atoms with van der Waals surface area (Å²) in [5.41, 5.74) is 2.18. The van der Waals surface area contributed by atoms with Crippen LogP contribution in [-0.2, 0) is 16.0 Å². The topological polar surface area (TPSA) is 75.4 Å². The van der Waals surface area contributed by atoms with E-state index >= 15 is 0 Å². The fraction of sp³-hybridized carbons (Fsp3) is 0.353. The standard InChI is InChI=1S/C17H17N3O3/c1-10-8-15(19-23-10)18-16(21)12-9-13(12)17(22)20-7-6-11-4-2-3-5-14(11)20/h2-5,8,12-13H,6-7,9H2,1H3,(H,18,19,21). The Kier molecular flexibility index (Phi) is 3.18. The molecule has 2 amide bonds. The molecule has 0 spiro atoms. The van der Waals surface area contributed by atoms with Gasteiger partial charge >= 0.3 is 0 Å². The Morgan fingerprint density at radius 2 is 2.13 bits per heavy atom. The van der Waals surface area contributed by atoms with Gasteiger partial charge in [0.05, 0.1) is 11.8 Å². The Hall–Kier alpha value is -2.63. The highest BCUT2D eigenvalue weighted by atomic mass is 16.5. The summed E-state index contributed by atoms with van der Waals surface area (Å²) in [5, 5.41) is 6.45. The van der Waals surface area contributed by atoms with Crippen LogP contribution in [0.5, 0.6) is 0 Å². The van der Waals surface area contributed by atoms with Crippen LogP contribution >= 0.6 is 0 Å². The number of para-hydroxylation sites is 1. The van der Waals surface area contributed by atoms with Crippen molar-refractivity contribution < 1.29 is 14.1 Å². The Morgan fingerprint density at radius 1 is 1.30 bits per heavy atom. The number of nitrogens with zero attached hydrogens (tertiary/aromatic N) is 2. The number of carbonyl (C=O) groups excluding carboxylic acids is 2. The average Bonchev–Trinajstić information content (AvgIpc) is 3.08. The highest BCUT2D eigenvalue weighted by Gasteiger charge is 2.50. The van der Waals surface area contributed by atoms with Gasteiger partial charge in [0.25, 0.3) is 0 Å². The van der Waals surface area contributed by atoms with Crippen molar-refractivity contribution in [3.05, 3.63) is 41.7 Å². The first-order valence-corrected chi connectivity index (χ1v) is 7.77. The second-order valence-corrected chi connectivity index (χ2v) is 6.13. The van der Waals surface area contributed by atoms with E-state index in [2.05, 4.69) is 10.5 Å². The number of hydrogen-bond donors (Lipinski definition) is 1. The molecule has 1 aromatic heterocycles. The van der Waals surface area contributed by atoms with Crippen molar-refractivity contribution in [2.24, 2.45) is 11.8 Å². The van der Waals surface area contributed by atoms with E-state index in [1.165, 1.54) is 5.56 Å². The average molecular weight is 311 g/mol. The fourth-order valence-electron chi connectivity index (χ4n) is 3.17. The second-order valence-electron chi connectivity index (χ2n) is 6.13. The smallest absolute Gasteiger partial charge is 0.230 e. The lowest BCUT2D eigenvalue weighted by Crippen LogP contribution is -2.32. The summed E-state index contributed by atoms with van der Waals surface area (Å²) in [6.07, 6.45) is 1.48. The molecular weight excluding hydrogens is 294 g/mol. The van der Waals surface area contributed by atoms with E-state index in [1.807, 2.05) is 29.2 Å². The van der Waals surface area contributed by atoms with Gasteiger partial charge in [-0.2, -0.15) is 0 Å². The second kappa shape index (κ2) is 5.22. The zero-order valence-electron chi connectivity index (χ0n) is 12.8. The number of amides is 2. The molecule has 0 radical (unpaired) electrons. The molecule has 2 atom stereocenters. The monoisotopic (exact) mass is 311 g/mol. The van der Waals surface area contributed by atoms with Gasteiger partial charge in [0, 0.05) is 18.3 Å². The highest BCUT2D eigenvalue weighted by Crippen LogP contribution is 2.43. The Balaban J connectivity index is 1.41. The van der Waals surface area contributed by atoms with Crippen LogP contribution < -0.4 is 10.2 Å². The van der Waals surface area contributed by atoms with Gasteiger partial charge in [-0.15, -0.1) is 0 Å². The Labute approximate surface area is 133 Å². The van der Waals surface area contributed by atoms with E-state index < -0.39 is 0 Å². The number of anilines is 2. The van der Waals surface area contributed by atoms with Gasteiger partial charge in [-0.05, 0) is 31.4 Å².